The lowest BCUT2D eigenvalue weighted by molar-refractivity contribution is 0.127. The largest absolute Gasteiger partial charge is 0.467 e. The van der Waals surface area contributed by atoms with Gasteiger partial charge in [0.05, 0.1) is 25.5 Å². The number of anilines is 1. The normalized spacial score (nSPS) is 22.5. The Morgan fingerprint density at radius 1 is 1.53 bits per heavy atom. The zero-order valence-corrected chi connectivity index (χ0v) is 12.0. The van der Waals surface area contributed by atoms with E-state index in [-0.39, 0.29) is 5.54 Å². The molecule has 0 amide bonds. The van der Waals surface area contributed by atoms with Gasteiger partial charge in [-0.1, -0.05) is 11.6 Å². The van der Waals surface area contributed by atoms with Crippen molar-refractivity contribution in [2.24, 2.45) is 0 Å². The molecule has 1 fully saturated rings. The van der Waals surface area contributed by atoms with Crippen molar-refractivity contribution in [2.45, 2.75) is 18.4 Å². The van der Waals surface area contributed by atoms with E-state index < -0.39 is 0 Å². The van der Waals surface area contributed by atoms with Crippen LogP contribution < -0.4 is 15.4 Å². The van der Waals surface area contributed by atoms with Crippen LogP contribution in [0.2, 0.25) is 5.02 Å². The third-order valence-corrected chi connectivity index (χ3v) is 3.53. The van der Waals surface area contributed by atoms with Crippen molar-refractivity contribution in [1.82, 2.24) is 15.3 Å². The smallest absolute Gasteiger partial charge is 0.318 e. The molecule has 0 saturated carbocycles. The maximum atomic E-state index is 6.07. The van der Waals surface area contributed by atoms with E-state index in [9.17, 15) is 0 Å². The Hall–Kier alpha value is -1.11. The van der Waals surface area contributed by atoms with Crippen LogP contribution in [0.25, 0.3) is 0 Å². The Morgan fingerprint density at radius 2 is 2.37 bits per heavy atom. The van der Waals surface area contributed by atoms with E-state index in [2.05, 4.69) is 20.6 Å². The van der Waals surface area contributed by atoms with E-state index in [1.807, 2.05) is 0 Å². The summed E-state index contributed by atoms with van der Waals surface area (Å²) in [6.45, 7) is 2.35. The van der Waals surface area contributed by atoms with Crippen LogP contribution in [0.5, 0.6) is 6.01 Å². The molecule has 2 N–H and O–H groups in total. The molecule has 2 heterocycles. The summed E-state index contributed by atoms with van der Waals surface area (Å²) in [6, 6.07) is 0.298. The van der Waals surface area contributed by atoms with Gasteiger partial charge in [-0.25, -0.2) is 4.98 Å². The molecule has 0 radical (unpaired) electrons. The van der Waals surface area contributed by atoms with Crippen LogP contribution >= 0.6 is 11.6 Å². The number of aromatic nitrogens is 2. The summed E-state index contributed by atoms with van der Waals surface area (Å²) in [5, 5.41) is 7.21. The number of ether oxygens (including phenoxy) is 2. The Kier molecular flexibility index (Phi) is 4.79. The van der Waals surface area contributed by atoms with Gasteiger partial charge in [-0.3, -0.25) is 0 Å². The first-order valence-corrected chi connectivity index (χ1v) is 6.61. The lowest BCUT2D eigenvalue weighted by atomic mass is 9.99. The summed E-state index contributed by atoms with van der Waals surface area (Å²) in [4.78, 5) is 8.14. The molecule has 19 heavy (non-hydrogen) atoms. The van der Waals surface area contributed by atoms with Gasteiger partial charge >= 0.3 is 6.01 Å². The Morgan fingerprint density at radius 3 is 3.00 bits per heavy atom. The fourth-order valence-electron chi connectivity index (χ4n) is 2.30. The molecule has 7 heteroatoms. The van der Waals surface area contributed by atoms with Crippen LogP contribution in [0.1, 0.15) is 12.8 Å². The molecule has 0 bridgehead atoms. The van der Waals surface area contributed by atoms with Crippen molar-refractivity contribution in [3.8, 4) is 6.01 Å². The summed E-state index contributed by atoms with van der Waals surface area (Å²) in [5.74, 6) is 0.581. The van der Waals surface area contributed by atoms with E-state index >= 15 is 0 Å². The molecule has 1 aromatic rings. The summed E-state index contributed by atoms with van der Waals surface area (Å²) >= 11 is 6.07. The minimum absolute atomic E-state index is 0.0593. The van der Waals surface area contributed by atoms with Gasteiger partial charge in [-0.05, 0) is 19.4 Å². The second-order valence-corrected chi connectivity index (χ2v) is 5.06. The molecule has 0 aromatic carbocycles. The number of hydrogen-bond donors (Lipinski definition) is 2. The van der Waals surface area contributed by atoms with E-state index in [0.717, 1.165) is 19.4 Å². The van der Waals surface area contributed by atoms with Crippen molar-refractivity contribution in [2.75, 3.05) is 39.2 Å². The summed E-state index contributed by atoms with van der Waals surface area (Å²) in [7, 11) is 3.24. The minimum Gasteiger partial charge on any atom is -0.467 e. The average Bonchev–Trinajstić information content (AvgIpc) is 2.87. The summed E-state index contributed by atoms with van der Waals surface area (Å²) < 4.78 is 10.3. The van der Waals surface area contributed by atoms with E-state index in [0.29, 0.717) is 30.0 Å². The van der Waals surface area contributed by atoms with Crippen LogP contribution in [0.4, 0.5) is 5.82 Å². The number of nitrogens with zero attached hydrogens (tertiary/aromatic N) is 2. The maximum absolute atomic E-state index is 6.07. The summed E-state index contributed by atoms with van der Waals surface area (Å²) in [6.07, 6.45) is 3.74. The molecule has 0 spiro atoms. The van der Waals surface area contributed by atoms with Gasteiger partial charge in [-0.2, -0.15) is 4.98 Å². The third kappa shape index (κ3) is 3.46. The van der Waals surface area contributed by atoms with Crippen LogP contribution in [0.3, 0.4) is 0 Å². The van der Waals surface area contributed by atoms with Gasteiger partial charge < -0.3 is 20.1 Å². The SMILES string of the molecule is COCC1(CNc2nc(OC)ncc2Cl)CCCN1. The van der Waals surface area contributed by atoms with Gasteiger partial charge in [0.25, 0.3) is 0 Å². The predicted octanol–water partition coefficient (Wildman–Crippen LogP) is 1.32. The van der Waals surface area contributed by atoms with E-state index in [4.69, 9.17) is 21.1 Å². The second-order valence-electron chi connectivity index (χ2n) is 4.65. The molecule has 106 valence electrons. The zero-order valence-electron chi connectivity index (χ0n) is 11.2. The van der Waals surface area contributed by atoms with Crippen molar-refractivity contribution in [3.63, 3.8) is 0 Å². The molecule has 1 atom stereocenters. The Labute approximate surface area is 117 Å². The lowest BCUT2D eigenvalue weighted by Gasteiger charge is -2.29. The van der Waals surface area contributed by atoms with Crippen molar-refractivity contribution in [3.05, 3.63) is 11.2 Å². The van der Waals surface area contributed by atoms with Crippen molar-refractivity contribution >= 4 is 17.4 Å². The molecule has 1 aliphatic rings. The fourth-order valence-corrected chi connectivity index (χ4v) is 2.45. The number of rotatable bonds is 6. The highest BCUT2D eigenvalue weighted by Gasteiger charge is 2.33. The van der Waals surface area contributed by atoms with Gasteiger partial charge in [0, 0.05) is 13.7 Å². The van der Waals surface area contributed by atoms with Crippen molar-refractivity contribution < 1.29 is 9.47 Å². The van der Waals surface area contributed by atoms with Crippen LogP contribution in [0.15, 0.2) is 6.20 Å². The highest BCUT2D eigenvalue weighted by molar-refractivity contribution is 6.32. The van der Waals surface area contributed by atoms with E-state index in [1.165, 1.54) is 13.3 Å². The third-order valence-electron chi connectivity index (χ3n) is 3.25. The van der Waals surface area contributed by atoms with Gasteiger partial charge in [0.15, 0.2) is 5.82 Å². The number of halogens is 1. The predicted molar refractivity (Wildman–Crippen MR) is 73.9 cm³/mol. The highest BCUT2D eigenvalue weighted by atomic mass is 35.5. The Bertz CT molecular complexity index is 424. The molecular weight excluding hydrogens is 268 g/mol. The quantitative estimate of drug-likeness (QED) is 0.822. The Balaban J connectivity index is 2.04. The maximum Gasteiger partial charge on any atom is 0.318 e. The van der Waals surface area contributed by atoms with E-state index in [1.54, 1.807) is 7.11 Å². The number of methoxy groups -OCH3 is 2. The first-order valence-electron chi connectivity index (χ1n) is 6.23. The van der Waals surface area contributed by atoms with Crippen LogP contribution in [-0.4, -0.2) is 49.4 Å². The number of nitrogens with one attached hydrogen (secondary N) is 2. The van der Waals surface area contributed by atoms with Gasteiger partial charge in [0.2, 0.25) is 0 Å². The molecule has 6 nitrogen and oxygen atoms in total. The lowest BCUT2D eigenvalue weighted by Crippen LogP contribution is -2.49. The highest BCUT2D eigenvalue weighted by Crippen LogP contribution is 2.24. The topological polar surface area (TPSA) is 68.3 Å². The number of hydrogen-bond acceptors (Lipinski definition) is 6. The first-order chi connectivity index (χ1) is 9.19. The minimum atomic E-state index is -0.0593. The molecule has 1 aliphatic heterocycles. The summed E-state index contributed by atoms with van der Waals surface area (Å²) in [5.41, 5.74) is -0.0593. The molecule has 1 unspecified atom stereocenters. The molecule has 1 saturated heterocycles. The van der Waals surface area contributed by atoms with Gasteiger partial charge in [0.1, 0.15) is 5.02 Å². The zero-order chi connectivity index (χ0) is 13.7. The molecule has 2 rings (SSSR count). The van der Waals surface area contributed by atoms with Crippen molar-refractivity contribution in [1.29, 1.82) is 0 Å². The molecule has 0 aliphatic carbocycles. The van der Waals surface area contributed by atoms with Crippen LogP contribution in [0, 0.1) is 0 Å². The van der Waals surface area contributed by atoms with Gasteiger partial charge in [-0.15, -0.1) is 0 Å². The standard InChI is InChI=1S/C12H19ClN4O2/c1-18-8-12(4-3-5-16-12)7-15-10-9(13)6-14-11(17-10)19-2/h6,16H,3-5,7-8H2,1-2H3,(H,14,15,17). The fraction of sp³-hybridized carbons (Fsp3) is 0.667. The monoisotopic (exact) mass is 286 g/mol. The average molecular weight is 287 g/mol. The second kappa shape index (κ2) is 6.36. The van der Waals surface area contributed by atoms with Crippen LogP contribution in [-0.2, 0) is 4.74 Å². The first kappa shape index (κ1) is 14.3. The molecule has 1 aromatic heterocycles. The molecular formula is C12H19ClN4O2.